The minimum absolute atomic E-state index is 0.196. The van der Waals surface area contributed by atoms with Crippen molar-refractivity contribution in [3.05, 3.63) is 43.6 Å². The van der Waals surface area contributed by atoms with Crippen LogP contribution in [-0.2, 0) is 7.05 Å². The van der Waals surface area contributed by atoms with Gasteiger partial charge in [0.15, 0.2) is 0 Å². The fourth-order valence-electron chi connectivity index (χ4n) is 2.26. The standard InChI is InChI=1S/C14H17N3O2S/c1-7-8(2)12(10(4)13(18)9(7)3)17-14(19)16(5)11(20)6-15-17/h6,18H,1-5H3. The van der Waals surface area contributed by atoms with E-state index in [-0.39, 0.29) is 11.4 Å². The van der Waals surface area contributed by atoms with Gasteiger partial charge in [0.2, 0.25) is 0 Å². The third kappa shape index (κ3) is 1.96. The second-order valence-corrected chi connectivity index (χ2v) is 5.35. The SMILES string of the molecule is Cc1c(C)c(O)c(C)c(-n2ncc(=S)n(C)c2=O)c1C. The van der Waals surface area contributed by atoms with Gasteiger partial charge in [-0.2, -0.15) is 9.78 Å². The second kappa shape index (κ2) is 4.86. The Morgan fingerprint density at radius 1 is 1.10 bits per heavy atom. The molecule has 0 fully saturated rings. The average Bonchev–Trinajstić information content (AvgIpc) is 2.43. The molecule has 6 heteroatoms. The Morgan fingerprint density at radius 2 is 1.70 bits per heavy atom. The van der Waals surface area contributed by atoms with Gasteiger partial charge < -0.3 is 5.11 Å². The molecule has 0 radical (unpaired) electrons. The molecule has 1 aromatic heterocycles. The Balaban J connectivity index is 2.95. The van der Waals surface area contributed by atoms with Crippen molar-refractivity contribution in [3.63, 3.8) is 0 Å². The highest BCUT2D eigenvalue weighted by molar-refractivity contribution is 7.71. The van der Waals surface area contributed by atoms with Crippen molar-refractivity contribution in [1.29, 1.82) is 0 Å². The van der Waals surface area contributed by atoms with Crippen LogP contribution in [0.2, 0.25) is 0 Å². The summed E-state index contributed by atoms with van der Waals surface area (Å²) >= 11 is 5.03. The van der Waals surface area contributed by atoms with Crippen molar-refractivity contribution in [2.24, 2.45) is 7.05 Å². The summed E-state index contributed by atoms with van der Waals surface area (Å²) in [4.78, 5) is 12.3. The molecule has 0 bridgehead atoms. The van der Waals surface area contributed by atoms with Crippen LogP contribution in [0.4, 0.5) is 0 Å². The highest BCUT2D eigenvalue weighted by atomic mass is 32.1. The first-order valence-electron chi connectivity index (χ1n) is 6.22. The number of hydrogen-bond donors (Lipinski definition) is 1. The Morgan fingerprint density at radius 3 is 2.30 bits per heavy atom. The van der Waals surface area contributed by atoms with Crippen molar-refractivity contribution < 1.29 is 5.11 Å². The number of nitrogens with zero attached hydrogens (tertiary/aromatic N) is 3. The van der Waals surface area contributed by atoms with E-state index in [2.05, 4.69) is 5.10 Å². The lowest BCUT2D eigenvalue weighted by Crippen LogP contribution is -2.31. The summed E-state index contributed by atoms with van der Waals surface area (Å²) in [5.74, 6) is 0.196. The maximum atomic E-state index is 12.3. The molecule has 0 amide bonds. The molecule has 2 aromatic rings. The van der Waals surface area contributed by atoms with Gasteiger partial charge in [-0.1, -0.05) is 12.2 Å². The maximum Gasteiger partial charge on any atom is 0.350 e. The van der Waals surface area contributed by atoms with Gasteiger partial charge in [0, 0.05) is 12.6 Å². The molecule has 0 saturated heterocycles. The van der Waals surface area contributed by atoms with E-state index in [9.17, 15) is 9.90 Å². The van der Waals surface area contributed by atoms with E-state index in [1.54, 1.807) is 14.0 Å². The van der Waals surface area contributed by atoms with Crippen LogP contribution in [-0.4, -0.2) is 19.5 Å². The molecule has 0 atom stereocenters. The van der Waals surface area contributed by atoms with Gasteiger partial charge in [-0.3, -0.25) is 4.57 Å². The molecular weight excluding hydrogens is 274 g/mol. The zero-order chi connectivity index (χ0) is 15.2. The van der Waals surface area contributed by atoms with E-state index in [1.165, 1.54) is 15.4 Å². The molecule has 20 heavy (non-hydrogen) atoms. The van der Waals surface area contributed by atoms with Crippen LogP contribution in [0.3, 0.4) is 0 Å². The lowest BCUT2D eigenvalue weighted by atomic mass is 9.97. The van der Waals surface area contributed by atoms with Gasteiger partial charge in [0.05, 0.1) is 11.9 Å². The van der Waals surface area contributed by atoms with Gasteiger partial charge >= 0.3 is 5.69 Å². The van der Waals surface area contributed by atoms with Crippen LogP contribution in [0, 0.1) is 32.3 Å². The van der Waals surface area contributed by atoms with Crippen molar-refractivity contribution in [1.82, 2.24) is 14.3 Å². The monoisotopic (exact) mass is 291 g/mol. The molecule has 0 aliphatic rings. The zero-order valence-corrected chi connectivity index (χ0v) is 13.0. The largest absolute Gasteiger partial charge is 0.507 e. The van der Waals surface area contributed by atoms with Gasteiger partial charge in [-0.25, -0.2) is 4.79 Å². The summed E-state index contributed by atoms with van der Waals surface area (Å²) in [6.07, 6.45) is 1.46. The predicted molar refractivity (Wildman–Crippen MR) is 80.3 cm³/mol. The summed E-state index contributed by atoms with van der Waals surface area (Å²) in [5.41, 5.74) is 3.61. The number of hydrogen-bond acceptors (Lipinski definition) is 4. The molecule has 0 saturated carbocycles. The minimum atomic E-state index is -0.327. The molecule has 0 spiro atoms. The highest BCUT2D eigenvalue weighted by Crippen LogP contribution is 2.32. The Bertz CT molecular complexity index is 789. The van der Waals surface area contributed by atoms with Crippen LogP contribution < -0.4 is 5.69 Å². The molecule has 1 aromatic carbocycles. The Labute approximate surface area is 122 Å². The van der Waals surface area contributed by atoms with Crippen LogP contribution in [0.15, 0.2) is 11.0 Å². The van der Waals surface area contributed by atoms with Crippen molar-refractivity contribution in [2.75, 3.05) is 0 Å². The molecule has 1 heterocycles. The summed E-state index contributed by atoms with van der Waals surface area (Å²) in [6, 6.07) is 0. The maximum absolute atomic E-state index is 12.3. The third-order valence-corrected chi connectivity index (χ3v) is 4.22. The number of aromatic nitrogens is 3. The number of benzene rings is 1. The molecule has 0 aliphatic heterocycles. The zero-order valence-electron chi connectivity index (χ0n) is 12.2. The van der Waals surface area contributed by atoms with Crippen LogP contribution in [0.5, 0.6) is 5.75 Å². The van der Waals surface area contributed by atoms with Gasteiger partial charge in [-0.15, -0.1) is 0 Å². The molecule has 0 aliphatic carbocycles. The number of phenols is 1. The minimum Gasteiger partial charge on any atom is -0.507 e. The third-order valence-electron chi connectivity index (χ3n) is 3.84. The molecule has 1 N–H and O–H groups in total. The molecule has 0 unspecified atom stereocenters. The summed E-state index contributed by atoms with van der Waals surface area (Å²) in [7, 11) is 1.61. The Kier molecular flexibility index (Phi) is 3.52. The van der Waals surface area contributed by atoms with E-state index in [0.29, 0.717) is 15.9 Å². The summed E-state index contributed by atoms with van der Waals surface area (Å²) in [5, 5.41) is 14.3. The fraction of sp³-hybridized carbons (Fsp3) is 0.357. The van der Waals surface area contributed by atoms with Gasteiger partial charge in [0.25, 0.3) is 0 Å². The number of aromatic hydroxyl groups is 1. The van der Waals surface area contributed by atoms with Crippen molar-refractivity contribution in [2.45, 2.75) is 27.7 Å². The Hall–Kier alpha value is -1.95. The van der Waals surface area contributed by atoms with E-state index in [4.69, 9.17) is 12.2 Å². The smallest absolute Gasteiger partial charge is 0.350 e. The quantitative estimate of drug-likeness (QED) is 0.819. The first kappa shape index (κ1) is 14.5. The topological polar surface area (TPSA) is 60.0 Å². The van der Waals surface area contributed by atoms with Crippen LogP contribution in [0.1, 0.15) is 22.3 Å². The van der Waals surface area contributed by atoms with Crippen LogP contribution in [0.25, 0.3) is 5.69 Å². The molecular formula is C14H17N3O2S. The molecule has 2 rings (SSSR count). The highest BCUT2D eigenvalue weighted by Gasteiger charge is 2.17. The summed E-state index contributed by atoms with van der Waals surface area (Å²) in [6.45, 7) is 7.47. The average molecular weight is 291 g/mol. The normalized spacial score (nSPS) is 10.8. The lowest BCUT2D eigenvalue weighted by Gasteiger charge is -2.18. The molecule has 5 nitrogen and oxygen atoms in total. The van der Waals surface area contributed by atoms with E-state index >= 15 is 0 Å². The van der Waals surface area contributed by atoms with Gasteiger partial charge in [0.1, 0.15) is 10.4 Å². The second-order valence-electron chi connectivity index (χ2n) is 4.93. The number of phenolic OH excluding ortho intramolecular Hbond substituents is 1. The summed E-state index contributed by atoms with van der Waals surface area (Å²) < 4.78 is 3.01. The first-order chi connectivity index (χ1) is 9.27. The van der Waals surface area contributed by atoms with Gasteiger partial charge in [-0.05, 0) is 44.4 Å². The lowest BCUT2D eigenvalue weighted by molar-refractivity contribution is 0.464. The predicted octanol–water partition coefficient (Wildman–Crippen LogP) is 2.24. The fourth-order valence-corrected chi connectivity index (χ4v) is 2.39. The van der Waals surface area contributed by atoms with Crippen molar-refractivity contribution >= 4 is 12.2 Å². The van der Waals surface area contributed by atoms with Crippen LogP contribution >= 0.6 is 12.2 Å². The van der Waals surface area contributed by atoms with Crippen molar-refractivity contribution in [3.8, 4) is 11.4 Å². The van der Waals surface area contributed by atoms with E-state index in [0.717, 1.165) is 16.7 Å². The van der Waals surface area contributed by atoms with E-state index in [1.807, 2.05) is 20.8 Å². The first-order valence-corrected chi connectivity index (χ1v) is 6.63. The van der Waals surface area contributed by atoms with E-state index < -0.39 is 0 Å². The molecule has 106 valence electrons. The number of rotatable bonds is 1.